The van der Waals surface area contributed by atoms with Crippen molar-refractivity contribution in [3.8, 4) is 0 Å². The first-order chi connectivity index (χ1) is 14.3. The third kappa shape index (κ3) is 4.07. The zero-order chi connectivity index (χ0) is 21.4. The highest BCUT2D eigenvalue weighted by molar-refractivity contribution is 6.05. The second-order valence-electron chi connectivity index (χ2n) is 8.53. The van der Waals surface area contributed by atoms with Crippen molar-refractivity contribution in [2.24, 2.45) is 0 Å². The highest BCUT2D eigenvalue weighted by atomic mass is 19.1. The van der Waals surface area contributed by atoms with Gasteiger partial charge in [0, 0.05) is 24.2 Å². The van der Waals surface area contributed by atoms with Crippen LogP contribution < -0.4 is 5.32 Å². The van der Waals surface area contributed by atoms with Crippen molar-refractivity contribution in [3.63, 3.8) is 0 Å². The van der Waals surface area contributed by atoms with Gasteiger partial charge in [0.15, 0.2) is 5.65 Å². The summed E-state index contributed by atoms with van der Waals surface area (Å²) in [6.45, 7) is 4.48. The van der Waals surface area contributed by atoms with Crippen LogP contribution in [0.4, 0.5) is 4.39 Å². The zero-order valence-corrected chi connectivity index (χ0v) is 17.9. The van der Waals surface area contributed by atoms with Crippen molar-refractivity contribution in [1.82, 2.24) is 25.0 Å². The van der Waals surface area contributed by atoms with Gasteiger partial charge in [0.05, 0.1) is 23.2 Å². The number of nitrogens with zero attached hydrogens (tertiary/aromatic N) is 4. The molecule has 1 amide bonds. The van der Waals surface area contributed by atoms with Gasteiger partial charge in [0.25, 0.3) is 5.91 Å². The van der Waals surface area contributed by atoms with E-state index in [-0.39, 0.29) is 23.8 Å². The van der Waals surface area contributed by atoms with Gasteiger partial charge in [-0.3, -0.25) is 4.79 Å². The molecule has 1 atom stereocenters. The summed E-state index contributed by atoms with van der Waals surface area (Å²) >= 11 is 0. The number of carbonyl (C=O) groups is 1. The number of carbonyl (C=O) groups excluding carboxylic acids is 1. The van der Waals surface area contributed by atoms with E-state index >= 15 is 0 Å². The number of hydrogen-bond donors (Lipinski definition) is 1. The minimum absolute atomic E-state index is 0.136. The summed E-state index contributed by atoms with van der Waals surface area (Å²) in [7, 11) is 3.84. The van der Waals surface area contributed by atoms with Gasteiger partial charge < -0.3 is 10.2 Å². The molecular weight excluding hydrogens is 381 g/mol. The maximum atomic E-state index is 13.7. The largest absolute Gasteiger partial charge is 0.350 e. The lowest BCUT2D eigenvalue weighted by Crippen LogP contribution is -2.34. The molecule has 1 N–H and O–H groups in total. The molecule has 4 rings (SSSR count). The average molecular weight is 410 g/mol. The smallest absolute Gasteiger partial charge is 0.252 e. The Morgan fingerprint density at radius 2 is 2.07 bits per heavy atom. The van der Waals surface area contributed by atoms with E-state index in [0.29, 0.717) is 18.0 Å². The van der Waals surface area contributed by atoms with E-state index in [0.717, 1.165) is 35.1 Å². The molecule has 3 aromatic rings. The summed E-state index contributed by atoms with van der Waals surface area (Å²) in [4.78, 5) is 20.0. The lowest BCUT2D eigenvalue weighted by Gasteiger charge is -2.25. The van der Waals surface area contributed by atoms with E-state index in [1.807, 2.05) is 35.8 Å². The molecule has 2 aromatic heterocycles. The number of halogens is 1. The SMILES string of the molecule is CC(C)n1ncc2c(C(=O)NC[C@H](c3cccc(F)c3)N(C)C)cc(C3CC3)nc21. The number of fused-ring (bicyclic) bond motifs is 1. The van der Waals surface area contributed by atoms with Gasteiger partial charge in [-0.25, -0.2) is 14.1 Å². The Morgan fingerprint density at radius 1 is 1.30 bits per heavy atom. The Balaban J connectivity index is 1.62. The van der Waals surface area contributed by atoms with Crippen molar-refractivity contribution < 1.29 is 9.18 Å². The summed E-state index contributed by atoms with van der Waals surface area (Å²) in [6, 6.07) is 8.44. The number of amides is 1. The fourth-order valence-corrected chi connectivity index (χ4v) is 3.79. The number of nitrogens with one attached hydrogen (secondary N) is 1. The van der Waals surface area contributed by atoms with Crippen LogP contribution in [0, 0.1) is 5.82 Å². The zero-order valence-electron chi connectivity index (χ0n) is 17.9. The number of hydrogen-bond acceptors (Lipinski definition) is 4. The Morgan fingerprint density at radius 3 is 2.70 bits per heavy atom. The molecule has 1 fully saturated rings. The molecular formula is C23H28FN5O. The average Bonchev–Trinajstić information content (AvgIpc) is 3.45. The molecule has 1 aliphatic rings. The van der Waals surface area contributed by atoms with Crippen molar-refractivity contribution in [2.45, 2.75) is 44.7 Å². The third-order valence-corrected chi connectivity index (χ3v) is 5.63. The van der Waals surface area contributed by atoms with Gasteiger partial charge in [0.2, 0.25) is 0 Å². The van der Waals surface area contributed by atoms with Crippen LogP contribution in [-0.2, 0) is 0 Å². The molecule has 1 aromatic carbocycles. The Labute approximate surface area is 176 Å². The number of pyridine rings is 1. The fraction of sp³-hybridized carbons (Fsp3) is 0.435. The predicted octanol–water partition coefficient (Wildman–Crippen LogP) is 4.06. The van der Waals surface area contributed by atoms with Crippen molar-refractivity contribution in [1.29, 1.82) is 0 Å². The second kappa shape index (κ2) is 8.14. The van der Waals surface area contributed by atoms with Crippen molar-refractivity contribution >= 4 is 16.9 Å². The van der Waals surface area contributed by atoms with Crippen LogP contribution in [0.2, 0.25) is 0 Å². The van der Waals surface area contributed by atoms with Crippen LogP contribution in [0.3, 0.4) is 0 Å². The monoisotopic (exact) mass is 409 g/mol. The van der Waals surface area contributed by atoms with E-state index in [1.54, 1.807) is 12.3 Å². The van der Waals surface area contributed by atoms with E-state index in [1.165, 1.54) is 12.1 Å². The maximum absolute atomic E-state index is 13.7. The van der Waals surface area contributed by atoms with E-state index in [2.05, 4.69) is 24.3 Å². The summed E-state index contributed by atoms with van der Waals surface area (Å²) in [6.07, 6.45) is 3.94. The van der Waals surface area contributed by atoms with Crippen molar-refractivity contribution in [2.75, 3.05) is 20.6 Å². The third-order valence-electron chi connectivity index (χ3n) is 5.63. The van der Waals surface area contributed by atoms with Gasteiger partial charge in [-0.15, -0.1) is 0 Å². The molecule has 0 unspecified atom stereocenters. The predicted molar refractivity (Wildman–Crippen MR) is 115 cm³/mol. The van der Waals surface area contributed by atoms with E-state index in [4.69, 9.17) is 4.98 Å². The van der Waals surface area contributed by atoms with Crippen LogP contribution >= 0.6 is 0 Å². The Hall–Kier alpha value is -2.80. The molecule has 158 valence electrons. The summed E-state index contributed by atoms with van der Waals surface area (Å²) < 4.78 is 15.6. The summed E-state index contributed by atoms with van der Waals surface area (Å²) in [5.41, 5.74) is 3.15. The first-order valence-electron chi connectivity index (χ1n) is 10.4. The normalized spacial score (nSPS) is 15.2. The number of likely N-dealkylation sites (N-methyl/N-ethyl adjacent to an activating group) is 1. The molecule has 1 aliphatic carbocycles. The molecule has 0 bridgehead atoms. The molecule has 0 saturated heterocycles. The highest BCUT2D eigenvalue weighted by Gasteiger charge is 2.28. The van der Waals surface area contributed by atoms with Gasteiger partial charge in [-0.05, 0) is 64.5 Å². The van der Waals surface area contributed by atoms with E-state index in [9.17, 15) is 9.18 Å². The first-order valence-corrected chi connectivity index (χ1v) is 10.4. The highest BCUT2D eigenvalue weighted by Crippen LogP contribution is 2.40. The van der Waals surface area contributed by atoms with Gasteiger partial charge >= 0.3 is 0 Å². The number of aromatic nitrogens is 3. The maximum Gasteiger partial charge on any atom is 0.252 e. The fourth-order valence-electron chi connectivity index (χ4n) is 3.79. The lowest BCUT2D eigenvalue weighted by atomic mass is 10.0. The van der Waals surface area contributed by atoms with E-state index < -0.39 is 0 Å². The minimum Gasteiger partial charge on any atom is -0.350 e. The first kappa shape index (κ1) is 20.5. The van der Waals surface area contributed by atoms with Crippen LogP contribution in [0.25, 0.3) is 11.0 Å². The Kier molecular flexibility index (Phi) is 5.56. The molecule has 7 heteroatoms. The molecule has 0 aliphatic heterocycles. The van der Waals surface area contributed by atoms with Gasteiger partial charge in [0.1, 0.15) is 5.82 Å². The lowest BCUT2D eigenvalue weighted by molar-refractivity contribution is 0.0943. The topological polar surface area (TPSA) is 63.1 Å². The molecule has 2 heterocycles. The number of benzene rings is 1. The minimum atomic E-state index is -0.281. The second-order valence-corrected chi connectivity index (χ2v) is 8.53. The molecule has 0 spiro atoms. The Bertz CT molecular complexity index is 1070. The van der Waals surface area contributed by atoms with Crippen molar-refractivity contribution in [3.05, 3.63) is 59.2 Å². The molecule has 0 radical (unpaired) electrons. The number of rotatable bonds is 7. The van der Waals surface area contributed by atoms with Crippen LogP contribution in [0.1, 0.15) is 66.3 Å². The van der Waals surface area contributed by atoms with Crippen LogP contribution in [0.5, 0.6) is 0 Å². The standard InChI is InChI=1S/C23H28FN5O/c1-14(2)29-22-19(12-26-29)18(11-20(27-22)15-8-9-15)23(30)25-13-21(28(3)4)16-6-5-7-17(24)10-16/h5-7,10-12,14-15,21H,8-9,13H2,1-4H3,(H,25,30)/t21-/m1/s1. The van der Waals surface area contributed by atoms with Gasteiger partial charge in [-0.1, -0.05) is 12.1 Å². The quantitative estimate of drug-likeness (QED) is 0.639. The molecule has 30 heavy (non-hydrogen) atoms. The molecule has 1 saturated carbocycles. The summed E-state index contributed by atoms with van der Waals surface area (Å²) in [5.74, 6) is -0.00849. The van der Waals surface area contributed by atoms with Crippen LogP contribution in [0.15, 0.2) is 36.5 Å². The van der Waals surface area contributed by atoms with Gasteiger partial charge in [-0.2, -0.15) is 5.10 Å². The summed E-state index contributed by atoms with van der Waals surface area (Å²) in [5, 5.41) is 8.27. The molecule has 6 nitrogen and oxygen atoms in total. The van der Waals surface area contributed by atoms with Crippen LogP contribution in [-0.4, -0.2) is 46.2 Å².